The lowest BCUT2D eigenvalue weighted by atomic mass is 10.1. The number of hydrogen-bond acceptors (Lipinski definition) is 5. The maximum Gasteiger partial charge on any atom is 0.262 e. The predicted octanol–water partition coefficient (Wildman–Crippen LogP) is 3.92. The van der Waals surface area contributed by atoms with E-state index in [9.17, 15) is 17.6 Å². The van der Waals surface area contributed by atoms with Crippen molar-refractivity contribution in [2.45, 2.75) is 18.2 Å². The Hall–Kier alpha value is -3.59. The molecule has 3 aromatic rings. The molecule has 174 valence electrons. The smallest absolute Gasteiger partial charge is 0.262 e. The van der Waals surface area contributed by atoms with Crippen molar-refractivity contribution in [1.29, 1.82) is 0 Å². The van der Waals surface area contributed by atoms with Crippen molar-refractivity contribution in [2.24, 2.45) is 0 Å². The molecule has 0 atom stereocenters. The van der Waals surface area contributed by atoms with Gasteiger partial charge in [-0.05, 0) is 66.9 Å². The molecule has 0 aliphatic heterocycles. The first-order valence-electron chi connectivity index (χ1n) is 10.1. The largest absolute Gasteiger partial charge is 0.493 e. The minimum absolute atomic E-state index is 0.0624. The molecule has 0 saturated heterocycles. The maximum atomic E-state index is 13.4. The zero-order valence-electron chi connectivity index (χ0n) is 18.5. The highest BCUT2D eigenvalue weighted by molar-refractivity contribution is 7.92. The number of sulfonamides is 1. The summed E-state index contributed by atoms with van der Waals surface area (Å²) in [7, 11) is -0.910. The van der Waals surface area contributed by atoms with Crippen molar-refractivity contribution in [3.05, 3.63) is 83.2 Å². The quantitative estimate of drug-likeness (QED) is 0.492. The van der Waals surface area contributed by atoms with E-state index in [2.05, 4.69) is 10.0 Å². The van der Waals surface area contributed by atoms with E-state index in [1.54, 1.807) is 32.4 Å². The van der Waals surface area contributed by atoms with Crippen LogP contribution < -0.4 is 19.5 Å². The zero-order valence-corrected chi connectivity index (χ0v) is 19.3. The molecule has 1 amide bonds. The summed E-state index contributed by atoms with van der Waals surface area (Å²) in [5, 5.41) is 2.80. The molecular formula is C24H25FN2O5S. The molecule has 0 aliphatic carbocycles. The van der Waals surface area contributed by atoms with Gasteiger partial charge in [-0.3, -0.25) is 9.52 Å². The van der Waals surface area contributed by atoms with Gasteiger partial charge in [0.15, 0.2) is 11.5 Å². The summed E-state index contributed by atoms with van der Waals surface area (Å²) in [6, 6.07) is 15.2. The number of hydrogen-bond donors (Lipinski definition) is 2. The second-order valence-electron chi connectivity index (χ2n) is 7.26. The van der Waals surface area contributed by atoms with Gasteiger partial charge in [-0.2, -0.15) is 0 Å². The Morgan fingerprint density at radius 2 is 1.70 bits per heavy atom. The summed E-state index contributed by atoms with van der Waals surface area (Å²) < 4.78 is 52.0. The standard InChI is InChI=1S/C24H25FN2O5S/c1-16-14-18(25)9-11-23(16)33(29,30)27-20-7-5-4-6-19(20)24(28)26-13-12-17-8-10-21(31-2)22(15-17)32-3/h4-11,14-15,27H,12-13H2,1-3H3,(H,26,28). The Balaban J connectivity index is 1.71. The fourth-order valence-electron chi connectivity index (χ4n) is 3.34. The van der Waals surface area contributed by atoms with E-state index in [1.165, 1.54) is 25.1 Å². The average molecular weight is 473 g/mol. The SMILES string of the molecule is COc1ccc(CCNC(=O)c2ccccc2NS(=O)(=O)c2ccc(F)cc2C)cc1OC. The first-order valence-corrected chi connectivity index (χ1v) is 11.6. The van der Waals surface area contributed by atoms with Crippen LogP contribution in [0.4, 0.5) is 10.1 Å². The Labute approximate surface area is 192 Å². The number of rotatable bonds is 9. The molecule has 0 spiro atoms. The molecule has 9 heteroatoms. The van der Waals surface area contributed by atoms with Crippen LogP contribution >= 0.6 is 0 Å². The molecule has 0 unspecified atom stereocenters. The molecule has 2 N–H and O–H groups in total. The zero-order chi connectivity index (χ0) is 24.0. The van der Waals surface area contributed by atoms with E-state index >= 15 is 0 Å². The van der Waals surface area contributed by atoms with Gasteiger partial charge < -0.3 is 14.8 Å². The van der Waals surface area contributed by atoms with Crippen molar-refractivity contribution in [3.8, 4) is 11.5 Å². The Morgan fingerprint density at radius 1 is 0.970 bits per heavy atom. The third-order valence-corrected chi connectivity index (χ3v) is 6.52. The minimum atomic E-state index is -4.02. The van der Waals surface area contributed by atoms with Crippen LogP contribution in [0.5, 0.6) is 11.5 Å². The molecular weight excluding hydrogens is 447 g/mol. The maximum absolute atomic E-state index is 13.4. The van der Waals surface area contributed by atoms with E-state index < -0.39 is 21.7 Å². The number of methoxy groups -OCH3 is 2. The third-order valence-electron chi connectivity index (χ3n) is 4.99. The number of halogens is 1. The molecule has 33 heavy (non-hydrogen) atoms. The van der Waals surface area contributed by atoms with Crippen LogP contribution in [0.15, 0.2) is 65.6 Å². The highest BCUT2D eigenvalue weighted by Gasteiger charge is 2.20. The number of carbonyl (C=O) groups is 1. The van der Waals surface area contributed by atoms with Gasteiger partial charge in [-0.25, -0.2) is 12.8 Å². The molecule has 0 heterocycles. The van der Waals surface area contributed by atoms with Gasteiger partial charge in [-0.1, -0.05) is 18.2 Å². The van der Waals surface area contributed by atoms with Crippen LogP contribution in [0, 0.1) is 12.7 Å². The monoisotopic (exact) mass is 472 g/mol. The third kappa shape index (κ3) is 5.81. The van der Waals surface area contributed by atoms with Crippen molar-refractivity contribution >= 4 is 21.6 Å². The number of ether oxygens (including phenoxy) is 2. The Bertz CT molecular complexity index is 1260. The molecule has 0 radical (unpaired) electrons. The van der Waals surface area contributed by atoms with E-state index in [-0.39, 0.29) is 21.7 Å². The van der Waals surface area contributed by atoms with Gasteiger partial charge in [0.25, 0.3) is 15.9 Å². The molecule has 0 aromatic heterocycles. The summed E-state index contributed by atoms with van der Waals surface area (Å²) in [5.41, 5.74) is 1.51. The van der Waals surface area contributed by atoms with Gasteiger partial charge in [0, 0.05) is 6.54 Å². The fraction of sp³-hybridized carbons (Fsp3) is 0.208. The van der Waals surface area contributed by atoms with Crippen LogP contribution in [-0.4, -0.2) is 35.1 Å². The lowest BCUT2D eigenvalue weighted by molar-refractivity contribution is 0.0955. The van der Waals surface area contributed by atoms with Crippen molar-refractivity contribution in [2.75, 3.05) is 25.5 Å². The van der Waals surface area contributed by atoms with Crippen molar-refractivity contribution < 1.29 is 27.1 Å². The lowest BCUT2D eigenvalue weighted by Gasteiger charge is -2.14. The number of anilines is 1. The number of nitrogens with one attached hydrogen (secondary N) is 2. The molecule has 0 bridgehead atoms. The van der Waals surface area contributed by atoms with E-state index in [4.69, 9.17) is 9.47 Å². The normalized spacial score (nSPS) is 11.0. The van der Waals surface area contributed by atoms with Crippen molar-refractivity contribution in [1.82, 2.24) is 5.32 Å². The molecule has 0 fully saturated rings. The minimum Gasteiger partial charge on any atom is -0.493 e. The Morgan fingerprint density at radius 3 is 2.39 bits per heavy atom. The topological polar surface area (TPSA) is 93.7 Å². The molecule has 0 aliphatic rings. The van der Waals surface area contributed by atoms with Gasteiger partial charge in [-0.15, -0.1) is 0 Å². The first kappa shape index (κ1) is 24.1. The Kier molecular flexibility index (Phi) is 7.55. The summed E-state index contributed by atoms with van der Waals surface area (Å²) in [5.74, 6) is 0.255. The van der Waals surface area contributed by atoms with Gasteiger partial charge in [0.2, 0.25) is 0 Å². The number of carbonyl (C=O) groups excluding carboxylic acids is 1. The first-order chi connectivity index (χ1) is 15.7. The summed E-state index contributed by atoms with van der Waals surface area (Å²) in [4.78, 5) is 12.7. The van der Waals surface area contributed by atoms with Gasteiger partial charge in [0.05, 0.1) is 30.4 Å². The van der Waals surface area contributed by atoms with Crippen LogP contribution in [0.25, 0.3) is 0 Å². The van der Waals surface area contributed by atoms with E-state index in [0.29, 0.717) is 24.5 Å². The second kappa shape index (κ2) is 10.4. The van der Waals surface area contributed by atoms with Crippen LogP contribution in [0.1, 0.15) is 21.5 Å². The predicted molar refractivity (Wildman–Crippen MR) is 124 cm³/mol. The van der Waals surface area contributed by atoms with Crippen LogP contribution in [0.2, 0.25) is 0 Å². The summed E-state index contributed by atoms with van der Waals surface area (Å²) in [6.45, 7) is 1.83. The second-order valence-corrected chi connectivity index (χ2v) is 8.91. The summed E-state index contributed by atoms with van der Waals surface area (Å²) in [6.07, 6.45) is 0.536. The molecule has 7 nitrogen and oxygen atoms in total. The number of benzene rings is 3. The molecule has 3 rings (SSSR count). The molecule has 0 saturated carbocycles. The lowest BCUT2D eigenvalue weighted by Crippen LogP contribution is -2.27. The van der Waals surface area contributed by atoms with Crippen molar-refractivity contribution in [3.63, 3.8) is 0 Å². The number of para-hydroxylation sites is 1. The van der Waals surface area contributed by atoms with Gasteiger partial charge >= 0.3 is 0 Å². The fourth-order valence-corrected chi connectivity index (χ4v) is 4.64. The van der Waals surface area contributed by atoms with E-state index in [0.717, 1.165) is 17.7 Å². The van der Waals surface area contributed by atoms with Gasteiger partial charge in [0.1, 0.15) is 5.82 Å². The highest BCUT2D eigenvalue weighted by atomic mass is 32.2. The average Bonchev–Trinajstić information content (AvgIpc) is 2.78. The number of aryl methyl sites for hydroxylation is 1. The highest BCUT2D eigenvalue weighted by Crippen LogP contribution is 2.27. The van der Waals surface area contributed by atoms with E-state index in [1.807, 2.05) is 12.1 Å². The molecule has 3 aromatic carbocycles. The van der Waals surface area contributed by atoms with Crippen LogP contribution in [-0.2, 0) is 16.4 Å². The summed E-state index contributed by atoms with van der Waals surface area (Å²) >= 11 is 0. The number of amides is 1. The van der Waals surface area contributed by atoms with Crippen LogP contribution in [0.3, 0.4) is 0 Å².